The van der Waals surface area contributed by atoms with Crippen LogP contribution in [0.25, 0.3) is 0 Å². The van der Waals surface area contributed by atoms with Gasteiger partial charge < -0.3 is 20.3 Å². The van der Waals surface area contributed by atoms with E-state index in [1.807, 2.05) is 66.8 Å². The number of unbranched alkanes of at least 4 members (excludes halogenated alkanes) is 20. The molecule has 0 aliphatic heterocycles. The van der Waals surface area contributed by atoms with E-state index in [1.54, 1.807) is 0 Å². The van der Waals surface area contributed by atoms with E-state index in [9.17, 15) is 19.8 Å². The van der Waals surface area contributed by atoms with E-state index in [4.69, 9.17) is 4.74 Å². The van der Waals surface area contributed by atoms with E-state index < -0.39 is 18.2 Å². The lowest BCUT2D eigenvalue weighted by atomic mass is 10.0. The van der Waals surface area contributed by atoms with Crippen molar-refractivity contribution in [1.29, 1.82) is 0 Å². The standard InChI is InChI=1S/C58H97NO5/c1-4-7-10-13-16-19-22-25-27-28-30-33-35-38-41-44-47-50-56(61)55(53-60)59-57(62)52-54(49-46-43-40-37-34-32-29-26-23-20-17-14-11-8-5-2)64-58(63)51-48-45-42-39-36-31-24-21-18-15-12-9-6-3/h9,12,15,17-18,20-21,24,26,29,31,34,36-37,39,42-43,46,54-56,60-61H,4-8,10-11,13-14,16,19,22-23,25,27-28,30,32-33,35,38,40-41,44-45,47-53H2,1-3H3,(H,59,62)/b12-9+,18-15+,20-17-,24-21-,29-26-,36-31-,37-34-,42-39+,46-43-. The van der Waals surface area contributed by atoms with Crippen molar-refractivity contribution in [3.63, 3.8) is 0 Å². The summed E-state index contributed by atoms with van der Waals surface area (Å²) in [6, 6.07) is -0.753. The molecule has 6 nitrogen and oxygen atoms in total. The zero-order chi connectivity index (χ0) is 46.7. The highest BCUT2D eigenvalue weighted by atomic mass is 16.5. The number of aliphatic hydroxyl groups is 2. The second kappa shape index (κ2) is 50.5. The summed E-state index contributed by atoms with van der Waals surface area (Å²) in [4.78, 5) is 26.1. The highest BCUT2D eigenvalue weighted by molar-refractivity contribution is 5.77. The van der Waals surface area contributed by atoms with Crippen molar-refractivity contribution in [2.24, 2.45) is 0 Å². The second-order valence-corrected chi connectivity index (χ2v) is 17.3. The number of hydrogen-bond donors (Lipinski definition) is 3. The van der Waals surface area contributed by atoms with E-state index in [2.05, 4.69) is 68.6 Å². The van der Waals surface area contributed by atoms with Crippen molar-refractivity contribution in [3.05, 3.63) is 109 Å². The summed E-state index contributed by atoms with van der Waals surface area (Å²) in [6.07, 6.45) is 68.9. The lowest BCUT2D eigenvalue weighted by molar-refractivity contribution is -0.150. The maximum atomic E-state index is 13.2. The lowest BCUT2D eigenvalue weighted by Crippen LogP contribution is -2.46. The molecule has 0 saturated carbocycles. The number of rotatable bonds is 45. The topological polar surface area (TPSA) is 95.9 Å². The molecule has 6 heteroatoms. The molecule has 0 rings (SSSR count). The number of hydrogen-bond acceptors (Lipinski definition) is 5. The Hall–Kier alpha value is -3.48. The predicted octanol–water partition coefficient (Wildman–Crippen LogP) is 15.9. The highest BCUT2D eigenvalue weighted by Crippen LogP contribution is 2.16. The molecule has 3 N–H and O–H groups in total. The smallest absolute Gasteiger partial charge is 0.306 e. The molecule has 364 valence electrons. The average molecular weight is 888 g/mol. The van der Waals surface area contributed by atoms with E-state index in [0.717, 1.165) is 57.8 Å². The van der Waals surface area contributed by atoms with Gasteiger partial charge in [-0.15, -0.1) is 0 Å². The van der Waals surface area contributed by atoms with Crippen molar-refractivity contribution in [3.8, 4) is 0 Å². The summed E-state index contributed by atoms with van der Waals surface area (Å²) >= 11 is 0. The van der Waals surface area contributed by atoms with E-state index in [0.29, 0.717) is 19.3 Å². The van der Waals surface area contributed by atoms with Crippen LogP contribution in [0.2, 0.25) is 0 Å². The minimum atomic E-state index is -0.830. The van der Waals surface area contributed by atoms with Gasteiger partial charge in [-0.3, -0.25) is 9.59 Å². The molecule has 64 heavy (non-hydrogen) atoms. The van der Waals surface area contributed by atoms with Gasteiger partial charge in [0.05, 0.1) is 25.2 Å². The number of aliphatic hydroxyl groups excluding tert-OH is 2. The molecule has 0 fully saturated rings. The molecule has 0 saturated heterocycles. The molecule has 0 heterocycles. The van der Waals surface area contributed by atoms with Crippen molar-refractivity contribution < 1.29 is 24.5 Å². The largest absolute Gasteiger partial charge is 0.461 e. The first-order valence-corrected chi connectivity index (χ1v) is 26.2. The molecular weight excluding hydrogens is 791 g/mol. The minimum Gasteiger partial charge on any atom is -0.461 e. The summed E-state index contributed by atoms with van der Waals surface area (Å²) in [5.41, 5.74) is 0. The fraction of sp³-hybridized carbons (Fsp3) is 0.655. The molecule has 3 unspecified atom stereocenters. The Morgan fingerprint density at radius 3 is 1.45 bits per heavy atom. The molecule has 0 radical (unpaired) electrons. The molecule has 0 aliphatic carbocycles. The number of nitrogens with one attached hydrogen (secondary N) is 1. The van der Waals surface area contributed by atoms with Gasteiger partial charge >= 0.3 is 5.97 Å². The number of amides is 1. The third-order valence-electron chi connectivity index (χ3n) is 11.2. The first kappa shape index (κ1) is 60.5. The van der Waals surface area contributed by atoms with Crippen LogP contribution in [-0.2, 0) is 14.3 Å². The molecule has 1 amide bonds. The minimum absolute atomic E-state index is 0.0333. The van der Waals surface area contributed by atoms with Gasteiger partial charge in [-0.1, -0.05) is 252 Å². The summed E-state index contributed by atoms with van der Waals surface area (Å²) in [5, 5.41) is 23.8. The van der Waals surface area contributed by atoms with Crippen LogP contribution in [-0.4, -0.2) is 46.9 Å². The van der Waals surface area contributed by atoms with Crippen molar-refractivity contribution in [2.45, 2.75) is 238 Å². The molecule has 0 aliphatic rings. The average Bonchev–Trinajstić information content (AvgIpc) is 3.29. The first-order chi connectivity index (χ1) is 31.5. The van der Waals surface area contributed by atoms with Crippen molar-refractivity contribution >= 4 is 11.9 Å². The Morgan fingerprint density at radius 2 is 0.938 bits per heavy atom. The Balaban J connectivity index is 4.76. The van der Waals surface area contributed by atoms with E-state index in [-0.39, 0.29) is 31.3 Å². The normalized spacial score (nSPS) is 14.1. The third-order valence-corrected chi connectivity index (χ3v) is 11.2. The van der Waals surface area contributed by atoms with Gasteiger partial charge in [-0.2, -0.15) is 0 Å². The van der Waals surface area contributed by atoms with Crippen LogP contribution in [0, 0.1) is 0 Å². The Labute approximate surface area is 394 Å². The lowest BCUT2D eigenvalue weighted by Gasteiger charge is -2.24. The number of allylic oxidation sites excluding steroid dienone is 17. The van der Waals surface area contributed by atoms with Gasteiger partial charge in [0.2, 0.25) is 5.91 Å². The Bertz CT molecular complexity index is 1320. The Morgan fingerprint density at radius 1 is 0.500 bits per heavy atom. The van der Waals surface area contributed by atoms with Gasteiger partial charge in [-0.25, -0.2) is 0 Å². The Kier molecular flexibility index (Phi) is 47.8. The van der Waals surface area contributed by atoms with Gasteiger partial charge in [-0.05, 0) is 57.8 Å². The molecule has 3 atom stereocenters. The predicted molar refractivity (Wildman–Crippen MR) is 277 cm³/mol. The molecule has 0 spiro atoms. The SMILES string of the molecule is CC/C=C/C=C/C=C\C=C/C=C/CCCC(=O)OC(C/C=C\C/C=C\C/C=C\C/C=C\CCCCC)CC(=O)NC(CO)C(O)CCCCCCCCCCCCCCCCCCC. The van der Waals surface area contributed by atoms with Gasteiger partial charge in [0.15, 0.2) is 0 Å². The molecule has 0 bridgehead atoms. The molecule has 0 aromatic carbocycles. The van der Waals surface area contributed by atoms with Crippen molar-refractivity contribution in [2.75, 3.05) is 6.61 Å². The number of carbonyl (C=O) groups is 2. The third kappa shape index (κ3) is 45.1. The summed E-state index contributed by atoms with van der Waals surface area (Å²) in [6.45, 7) is 6.26. The van der Waals surface area contributed by atoms with Crippen LogP contribution in [0.4, 0.5) is 0 Å². The summed E-state index contributed by atoms with van der Waals surface area (Å²) in [7, 11) is 0. The van der Waals surface area contributed by atoms with Gasteiger partial charge in [0.25, 0.3) is 0 Å². The van der Waals surface area contributed by atoms with Crippen LogP contribution >= 0.6 is 0 Å². The number of ether oxygens (including phenoxy) is 1. The number of esters is 1. The summed E-state index contributed by atoms with van der Waals surface area (Å²) in [5.74, 6) is -0.673. The van der Waals surface area contributed by atoms with Gasteiger partial charge in [0.1, 0.15) is 6.10 Å². The molecular formula is C58H97NO5. The quantitative estimate of drug-likeness (QED) is 0.0245. The van der Waals surface area contributed by atoms with Gasteiger partial charge in [0, 0.05) is 12.8 Å². The van der Waals surface area contributed by atoms with Crippen LogP contribution in [0.5, 0.6) is 0 Å². The molecule has 0 aromatic rings. The molecule has 0 aromatic heterocycles. The highest BCUT2D eigenvalue weighted by Gasteiger charge is 2.23. The van der Waals surface area contributed by atoms with Crippen LogP contribution in [0.3, 0.4) is 0 Å². The van der Waals surface area contributed by atoms with E-state index >= 15 is 0 Å². The zero-order valence-corrected chi connectivity index (χ0v) is 41.4. The second-order valence-electron chi connectivity index (χ2n) is 17.3. The van der Waals surface area contributed by atoms with Crippen molar-refractivity contribution in [1.82, 2.24) is 5.32 Å². The van der Waals surface area contributed by atoms with Crippen LogP contribution < -0.4 is 5.32 Å². The maximum Gasteiger partial charge on any atom is 0.306 e. The van der Waals surface area contributed by atoms with E-state index in [1.165, 1.54) is 109 Å². The van der Waals surface area contributed by atoms with Crippen LogP contribution in [0.15, 0.2) is 109 Å². The maximum absolute atomic E-state index is 13.2. The fourth-order valence-corrected chi connectivity index (χ4v) is 7.26. The first-order valence-electron chi connectivity index (χ1n) is 26.2. The zero-order valence-electron chi connectivity index (χ0n) is 41.4. The number of carbonyl (C=O) groups excluding carboxylic acids is 2. The van der Waals surface area contributed by atoms with Crippen LogP contribution in [0.1, 0.15) is 220 Å². The fourth-order valence-electron chi connectivity index (χ4n) is 7.26. The summed E-state index contributed by atoms with van der Waals surface area (Å²) < 4.78 is 5.82. The monoisotopic (exact) mass is 888 g/mol.